The van der Waals surface area contributed by atoms with Crippen LogP contribution >= 0.6 is 0 Å². The second-order valence-corrected chi connectivity index (χ2v) is 3.04. The van der Waals surface area contributed by atoms with Crippen molar-refractivity contribution < 1.29 is 9.90 Å². The molecule has 1 amide bonds. The van der Waals surface area contributed by atoms with E-state index in [-0.39, 0.29) is 11.3 Å². The van der Waals surface area contributed by atoms with Crippen molar-refractivity contribution in [1.29, 1.82) is 0 Å². The molecule has 0 atom stereocenters. The van der Waals surface area contributed by atoms with E-state index in [0.29, 0.717) is 5.70 Å². The highest BCUT2D eigenvalue weighted by Gasteiger charge is 2.09. The molecule has 0 bridgehead atoms. The lowest BCUT2D eigenvalue weighted by Crippen LogP contribution is -2.23. The van der Waals surface area contributed by atoms with Crippen molar-refractivity contribution in [3.8, 4) is 0 Å². The summed E-state index contributed by atoms with van der Waals surface area (Å²) in [4.78, 5) is 11.6. The van der Waals surface area contributed by atoms with E-state index in [9.17, 15) is 9.90 Å². The zero-order valence-electron chi connectivity index (χ0n) is 9.66. The van der Waals surface area contributed by atoms with Crippen molar-refractivity contribution in [3.05, 3.63) is 60.6 Å². The minimum atomic E-state index is -0.411. The summed E-state index contributed by atoms with van der Waals surface area (Å²) in [7, 11) is 0. The zero-order valence-corrected chi connectivity index (χ0v) is 9.66. The Hall–Kier alpha value is -2.03. The first-order chi connectivity index (χ1) is 7.56. The van der Waals surface area contributed by atoms with Crippen LogP contribution < -0.4 is 5.32 Å². The first-order valence-electron chi connectivity index (χ1n) is 4.85. The van der Waals surface area contributed by atoms with Gasteiger partial charge in [-0.3, -0.25) is 4.79 Å². The van der Waals surface area contributed by atoms with Gasteiger partial charge < -0.3 is 10.4 Å². The number of nitrogens with one attached hydrogen (secondary N) is 1. The predicted octanol–water partition coefficient (Wildman–Crippen LogP) is 2.77. The number of carbonyl (C=O) groups excluding carboxylic acids is 1. The van der Waals surface area contributed by atoms with Gasteiger partial charge in [0.25, 0.3) is 5.91 Å². The second-order valence-electron chi connectivity index (χ2n) is 3.04. The van der Waals surface area contributed by atoms with Crippen LogP contribution in [0.3, 0.4) is 0 Å². The molecule has 0 aromatic rings. The largest absolute Gasteiger partial charge is 0.507 e. The fourth-order valence-electron chi connectivity index (χ4n) is 0.952. The molecular weight excluding hydrogens is 202 g/mol. The Balaban J connectivity index is 4.82. The van der Waals surface area contributed by atoms with E-state index in [0.717, 1.165) is 0 Å². The molecule has 0 aromatic heterocycles. The van der Waals surface area contributed by atoms with Crippen molar-refractivity contribution in [2.75, 3.05) is 0 Å². The Bertz CT molecular complexity index is 373. The van der Waals surface area contributed by atoms with Gasteiger partial charge >= 0.3 is 0 Å². The topological polar surface area (TPSA) is 49.3 Å². The normalized spacial score (nSPS) is 13.2. The zero-order chi connectivity index (χ0) is 12.6. The lowest BCUT2D eigenvalue weighted by molar-refractivity contribution is -0.116. The van der Waals surface area contributed by atoms with Gasteiger partial charge in [-0.15, -0.1) is 0 Å². The van der Waals surface area contributed by atoms with Crippen molar-refractivity contribution in [3.63, 3.8) is 0 Å². The summed E-state index contributed by atoms with van der Waals surface area (Å²) in [5.74, 6) is -0.600. The molecule has 86 valence electrons. The van der Waals surface area contributed by atoms with E-state index < -0.39 is 5.91 Å². The Morgan fingerprint density at radius 2 is 1.94 bits per heavy atom. The molecule has 0 spiro atoms. The minimum absolute atomic E-state index is 0.100. The van der Waals surface area contributed by atoms with Crippen LogP contribution in [0, 0.1) is 0 Å². The van der Waals surface area contributed by atoms with Crippen LogP contribution in [0.2, 0.25) is 0 Å². The maximum Gasteiger partial charge on any atom is 0.259 e. The monoisotopic (exact) mass is 219 g/mol. The Labute approximate surface area is 96.2 Å². The number of carbonyl (C=O) groups is 1. The van der Waals surface area contributed by atoms with Crippen molar-refractivity contribution in [2.45, 2.75) is 13.8 Å². The van der Waals surface area contributed by atoms with Crippen LogP contribution in [-0.4, -0.2) is 11.0 Å². The average molecular weight is 219 g/mol. The van der Waals surface area contributed by atoms with E-state index in [2.05, 4.69) is 18.5 Å². The van der Waals surface area contributed by atoms with Crippen molar-refractivity contribution in [2.24, 2.45) is 0 Å². The molecule has 3 nitrogen and oxygen atoms in total. The third-order valence-corrected chi connectivity index (χ3v) is 1.77. The lowest BCUT2D eigenvalue weighted by atomic mass is 10.2. The number of hydrogen-bond donors (Lipinski definition) is 2. The van der Waals surface area contributed by atoms with Crippen LogP contribution in [0.25, 0.3) is 0 Å². The third-order valence-electron chi connectivity index (χ3n) is 1.77. The molecule has 0 saturated heterocycles. The fraction of sp³-hybridized carbons (Fsp3) is 0.154. The smallest absolute Gasteiger partial charge is 0.259 e. The lowest BCUT2D eigenvalue weighted by Gasteiger charge is -2.06. The minimum Gasteiger partial charge on any atom is -0.507 e. The number of hydrogen-bond acceptors (Lipinski definition) is 2. The summed E-state index contributed by atoms with van der Waals surface area (Å²) < 4.78 is 0. The van der Waals surface area contributed by atoms with Crippen LogP contribution in [0.1, 0.15) is 13.8 Å². The first-order valence-corrected chi connectivity index (χ1v) is 4.85. The van der Waals surface area contributed by atoms with Crippen LogP contribution in [-0.2, 0) is 4.79 Å². The van der Waals surface area contributed by atoms with Gasteiger partial charge in [0.2, 0.25) is 0 Å². The highest BCUT2D eigenvalue weighted by molar-refractivity contribution is 5.97. The van der Waals surface area contributed by atoms with Gasteiger partial charge in [-0.05, 0) is 26.0 Å². The van der Waals surface area contributed by atoms with Crippen molar-refractivity contribution >= 4 is 5.91 Å². The predicted molar refractivity (Wildman–Crippen MR) is 66.8 cm³/mol. The van der Waals surface area contributed by atoms with Crippen molar-refractivity contribution in [1.82, 2.24) is 5.32 Å². The van der Waals surface area contributed by atoms with Gasteiger partial charge in [0.1, 0.15) is 5.76 Å². The van der Waals surface area contributed by atoms with Gasteiger partial charge in [0.15, 0.2) is 0 Å². The molecule has 0 rings (SSSR count). The van der Waals surface area contributed by atoms with E-state index in [1.165, 1.54) is 12.2 Å². The molecule has 0 saturated carbocycles. The average Bonchev–Trinajstić information content (AvgIpc) is 2.26. The summed E-state index contributed by atoms with van der Waals surface area (Å²) in [5.41, 5.74) is 0.780. The summed E-state index contributed by atoms with van der Waals surface area (Å²) in [6, 6.07) is 0. The Morgan fingerprint density at radius 1 is 1.31 bits per heavy atom. The van der Waals surface area contributed by atoms with Crippen LogP contribution in [0.5, 0.6) is 0 Å². The molecule has 3 heteroatoms. The number of aliphatic hydroxyl groups excluding tert-OH is 1. The molecule has 0 aliphatic heterocycles. The van der Waals surface area contributed by atoms with Gasteiger partial charge in [0.05, 0.1) is 5.57 Å². The quantitative estimate of drug-likeness (QED) is 0.424. The van der Waals surface area contributed by atoms with E-state index in [1.54, 1.807) is 19.1 Å². The molecule has 0 aliphatic rings. The van der Waals surface area contributed by atoms with Gasteiger partial charge in [-0.1, -0.05) is 31.4 Å². The second kappa shape index (κ2) is 7.29. The number of aliphatic hydroxyl groups is 1. The number of allylic oxidation sites excluding steroid dienone is 5. The van der Waals surface area contributed by atoms with E-state index in [1.807, 2.05) is 13.0 Å². The molecule has 0 aromatic carbocycles. The molecule has 2 N–H and O–H groups in total. The highest BCUT2D eigenvalue weighted by Crippen LogP contribution is 2.05. The highest BCUT2D eigenvalue weighted by atomic mass is 16.3. The summed E-state index contributed by atoms with van der Waals surface area (Å²) in [6.45, 7) is 10.5. The van der Waals surface area contributed by atoms with E-state index >= 15 is 0 Å². The number of amides is 1. The SMILES string of the molecule is C=C/C(O)=C(\C=C)C(=O)N/C(C)=C/C=C\C. The molecule has 0 heterocycles. The summed E-state index contributed by atoms with van der Waals surface area (Å²) in [6.07, 6.45) is 7.89. The van der Waals surface area contributed by atoms with Gasteiger partial charge in [-0.25, -0.2) is 0 Å². The fourth-order valence-corrected chi connectivity index (χ4v) is 0.952. The molecule has 0 aliphatic carbocycles. The standard InChI is InChI=1S/C13H17NO2/c1-5-8-9-10(4)14-13(16)11(6-2)12(15)7-3/h5-9,15H,2-3H2,1,4H3,(H,14,16)/b8-5-,10-9+,12-11-. The summed E-state index contributed by atoms with van der Waals surface area (Å²) in [5, 5.41) is 12.0. The van der Waals surface area contributed by atoms with Crippen LogP contribution in [0.15, 0.2) is 60.6 Å². The van der Waals surface area contributed by atoms with Gasteiger partial charge in [-0.2, -0.15) is 0 Å². The molecular formula is C13H17NO2. The summed E-state index contributed by atoms with van der Waals surface area (Å²) >= 11 is 0. The van der Waals surface area contributed by atoms with Crippen LogP contribution in [0.4, 0.5) is 0 Å². The van der Waals surface area contributed by atoms with E-state index in [4.69, 9.17) is 0 Å². The molecule has 0 unspecified atom stereocenters. The number of rotatable bonds is 5. The molecule has 0 radical (unpaired) electrons. The third kappa shape index (κ3) is 4.46. The van der Waals surface area contributed by atoms with Gasteiger partial charge in [0, 0.05) is 5.70 Å². The molecule has 0 fully saturated rings. The first kappa shape index (κ1) is 14.0. The maximum atomic E-state index is 11.6. The molecule has 16 heavy (non-hydrogen) atoms. The Morgan fingerprint density at radius 3 is 2.38 bits per heavy atom. The Kier molecular flexibility index (Phi) is 6.36. The maximum absolute atomic E-state index is 11.6.